The van der Waals surface area contributed by atoms with Crippen LogP contribution in [-0.2, 0) is 9.53 Å². The van der Waals surface area contributed by atoms with Gasteiger partial charge in [-0.15, -0.1) is 0 Å². The number of carbonyl (C=O) groups is 2. The molecule has 1 aliphatic heterocycles. The van der Waals surface area contributed by atoms with Crippen LogP contribution in [0.3, 0.4) is 0 Å². The summed E-state index contributed by atoms with van der Waals surface area (Å²) in [4.78, 5) is 25.0. The normalized spacial score (nSPS) is 16.7. The molecular weight excluding hydrogens is 403 g/mol. The number of ether oxygens (including phenoxy) is 2. The van der Waals surface area contributed by atoms with Gasteiger partial charge in [0, 0.05) is 5.70 Å². The Morgan fingerprint density at radius 1 is 1.18 bits per heavy atom. The number of carbonyl (C=O) groups excluding carboxylic acids is 2. The number of rotatable bonds is 8. The van der Waals surface area contributed by atoms with Crippen LogP contribution in [0.15, 0.2) is 23.4 Å². The van der Waals surface area contributed by atoms with Gasteiger partial charge >= 0.3 is 12.0 Å². The Kier molecular flexibility index (Phi) is 8.01. The van der Waals surface area contributed by atoms with Gasteiger partial charge in [0.05, 0.1) is 34.4 Å². The summed E-state index contributed by atoms with van der Waals surface area (Å²) in [5.41, 5.74) is 1.47. The number of hydrogen-bond acceptors (Lipinski definition) is 4. The first-order valence-corrected chi connectivity index (χ1v) is 10.2. The maximum absolute atomic E-state index is 12.8. The van der Waals surface area contributed by atoms with Crippen LogP contribution in [0.2, 0.25) is 10.0 Å². The summed E-state index contributed by atoms with van der Waals surface area (Å²) < 4.78 is 11.0. The van der Waals surface area contributed by atoms with Gasteiger partial charge in [-0.25, -0.2) is 9.59 Å². The molecular formula is C20H26Cl2N2O4. The first-order chi connectivity index (χ1) is 13.3. The number of halogens is 2. The van der Waals surface area contributed by atoms with Crippen molar-refractivity contribution in [2.75, 3.05) is 6.61 Å². The summed E-state index contributed by atoms with van der Waals surface area (Å²) in [7, 11) is 0. The zero-order valence-corrected chi connectivity index (χ0v) is 18.0. The minimum absolute atomic E-state index is 0.293. The molecule has 2 N–H and O–H groups in total. The molecule has 1 atom stereocenters. The molecule has 0 radical (unpaired) electrons. The second-order valence-corrected chi connectivity index (χ2v) is 7.60. The molecule has 1 aliphatic rings. The van der Waals surface area contributed by atoms with E-state index >= 15 is 0 Å². The Labute approximate surface area is 175 Å². The second kappa shape index (κ2) is 10.0. The smallest absolute Gasteiger partial charge is 0.338 e. The van der Waals surface area contributed by atoms with Crippen molar-refractivity contribution in [1.82, 2.24) is 10.6 Å². The Morgan fingerprint density at radius 3 is 2.36 bits per heavy atom. The summed E-state index contributed by atoms with van der Waals surface area (Å²) in [5, 5.41) is 6.14. The van der Waals surface area contributed by atoms with E-state index in [1.54, 1.807) is 26.0 Å². The molecule has 2 rings (SSSR count). The summed E-state index contributed by atoms with van der Waals surface area (Å²) in [6.07, 6.45) is 1.81. The average molecular weight is 429 g/mol. The van der Waals surface area contributed by atoms with Gasteiger partial charge in [-0.05, 0) is 44.4 Å². The fourth-order valence-corrected chi connectivity index (χ4v) is 3.53. The van der Waals surface area contributed by atoms with Crippen molar-refractivity contribution in [3.63, 3.8) is 0 Å². The highest BCUT2D eigenvalue weighted by Crippen LogP contribution is 2.39. The van der Waals surface area contributed by atoms with Crippen LogP contribution in [0, 0.1) is 0 Å². The molecule has 0 saturated carbocycles. The third kappa shape index (κ3) is 5.32. The molecule has 6 nitrogen and oxygen atoms in total. The summed E-state index contributed by atoms with van der Waals surface area (Å²) in [6, 6.07) is 2.19. The molecule has 1 heterocycles. The number of nitrogens with one attached hydrogen (secondary N) is 2. The predicted octanol–water partition coefficient (Wildman–Crippen LogP) is 5.14. The number of allylic oxidation sites excluding steroid dienone is 1. The highest BCUT2D eigenvalue weighted by atomic mass is 35.5. The van der Waals surface area contributed by atoms with Crippen LogP contribution in [0.4, 0.5) is 4.79 Å². The van der Waals surface area contributed by atoms with Gasteiger partial charge in [0.25, 0.3) is 0 Å². The molecule has 2 amide bonds. The quantitative estimate of drug-likeness (QED) is 0.561. The molecule has 0 aliphatic carbocycles. The van der Waals surface area contributed by atoms with Crippen LogP contribution in [0.5, 0.6) is 5.75 Å². The van der Waals surface area contributed by atoms with E-state index in [1.165, 1.54) is 0 Å². The van der Waals surface area contributed by atoms with Gasteiger partial charge in [-0.2, -0.15) is 0 Å². The lowest BCUT2D eigenvalue weighted by Crippen LogP contribution is -2.46. The third-order valence-electron chi connectivity index (χ3n) is 4.02. The first-order valence-electron chi connectivity index (χ1n) is 9.41. The molecule has 0 aromatic heterocycles. The lowest BCUT2D eigenvalue weighted by Gasteiger charge is -2.30. The third-order valence-corrected chi connectivity index (χ3v) is 4.58. The number of urea groups is 1. The molecule has 154 valence electrons. The largest absolute Gasteiger partial charge is 0.490 e. The van der Waals surface area contributed by atoms with Crippen LogP contribution in [-0.4, -0.2) is 24.7 Å². The standard InChI is InChI=1S/C20H26Cl2N2O4/c1-5-7-15-16(19(25)28-11(3)4)17(24-20(26)23-15)12-9-13(21)18(14(22)10-12)27-8-6-2/h9-11,17H,5-8H2,1-4H3,(H2,23,24,26). The van der Waals surface area contributed by atoms with Crippen molar-refractivity contribution >= 4 is 35.2 Å². The monoisotopic (exact) mass is 428 g/mol. The Balaban J connectivity index is 2.51. The van der Waals surface area contributed by atoms with Gasteiger partial charge in [0.2, 0.25) is 0 Å². The molecule has 0 fully saturated rings. The summed E-state index contributed by atoms with van der Waals surface area (Å²) >= 11 is 12.7. The zero-order chi connectivity index (χ0) is 20.8. The van der Waals surface area contributed by atoms with Crippen molar-refractivity contribution in [2.24, 2.45) is 0 Å². The van der Waals surface area contributed by atoms with Gasteiger partial charge < -0.3 is 20.1 Å². The molecule has 0 bridgehead atoms. The topological polar surface area (TPSA) is 76.7 Å². The van der Waals surface area contributed by atoms with Crippen LogP contribution in [0.25, 0.3) is 0 Å². The maximum atomic E-state index is 12.8. The van der Waals surface area contributed by atoms with E-state index in [4.69, 9.17) is 32.7 Å². The van der Waals surface area contributed by atoms with E-state index < -0.39 is 18.0 Å². The fraction of sp³-hybridized carbons (Fsp3) is 0.500. The van der Waals surface area contributed by atoms with E-state index in [0.29, 0.717) is 45.7 Å². The summed E-state index contributed by atoms with van der Waals surface area (Å²) in [5.74, 6) is -0.104. The van der Waals surface area contributed by atoms with Crippen molar-refractivity contribution in [2.45, 2.75) is 59.1 Å². The minimum atomic E-state index is -0.725. The van der Waals surface area contributed by atoms with E-state index in [0.717, 1.165) is 12.8 Å². The Morgan fingerprint density at radius 2 is 1.82 bits per heavy atom. The van der Waals surface area contributed by atoms with Crippen molar-refractivity contribution < 1.29 is 19.1 Å². The first kappa shape index (κ1) is 22.4. The van der Waals surface area contributed by atoms with Gasteiger partial charge in [-0.1, -0.05) is 43.5 Å². The average Bonchev–Trinajstić information content (AvgIpc) is 2.60. The van der Waals surface area contributed by atoms with E-state index in [-0.39, 0.29) is 6.10 Å². The predicted molar refractivity (Wildman–Crippen MR) is 110 cm³/mol. The Bertz CT molecular complexity index is 754. The minimum Gasteiger partial charge on any atom is -0.490 e. The highest BCUT2D eigenvalue weighted by molar-refractivity contribution is 6.37. The maximum Gasteiger partial charge on any atom is 0.338 e. The van der Waals surface area contributed by atoms with Gasteiger partial charge in [-0.3, -0.25) is 0 Å². The molecule has 8 heteroatoms. The molecule has 1 unspecified atom stereocenters. The highest BCUT2D eigenvalue weighted by Gasteiger charge is 2.34. The summed E-state index contributed by atoms with van der Waals surface area (Å²) in [6.45, 7) is 7.97. The number of benzene rings is 1. The molecule has 1 aromatic rings. The second-order valence-electron chi connectivity index (χ2n) is 6.79. The number of hydrogen-bond donors (Lipinski definition) is 2. The molecule has 0 saturated heterocycles. The van der Waals surface area contributed by atoms with E-state index in [1.807, 2.05) is 13.8 Å². The lowest BCUT2D eigenvalue weighted by atomic mass is 9.93. The van der Waals surface area contributed by atoms with Crippen molar-refractivity contribution in [1.29, 1.82) is 0 Å². The molecule has 28 heavy (non-hydrogen) atoms. The SMILES string of the molecule is CCCOc1c(Cl)cc(C2NC(=O)NC(CCC)=C2C(=O)OC(C)C)cc1Cl. The van der Waals surface area contributed by atoms with Gasteiger partial charge in [0.1, 0.15) is 0 Å². The lowest BCUT2D eigenvalue weighted by molar-refractivity contribution is -0.143. The van der Waals surface area contributed by atoms with Crippen LogP contribution < -0.4 is 15.4 Å². The fourth-order valence-electron chi connectivity index (χ4n) is 2.92. The number of esters is 1. The van der Waals surface area contributed by atoms with E-state index in [9.17, 15) is 9.59 Å². The Hall–Kier alpha value is -1.92. The van der Waals surface area contributed by atoms with Gasteiger partial charge in [0.15, 0.2) is 5.75 Å². The van der Waals surface area contributed by atoms with Crippen molar-refractivity contribution in [3.8, 4) is 5.75 Å². The van der Waals surface area contributed by atoms with Crippen LogP contribution >= 0.6 is 23.2 Å². The van der Waals surface area contributed by atoms with E-state index in [2.05, 4.69) is 10.6 Å². The molecule has 0 spiro atoms. The number of amides is 2. The van der Waals surface area contributed by atoms with Crippen molar-refractivity contribution in [3.05, 3.63) is 39.0 Å². The van der Waals surface area contributed by atoms with Crippen LogP contribution in [0.1, 0.15) is 58.6 Å². The zero-order valence-electron chi connectivity index (χ0n) is 16.5. The molecule has 1 aromatic carbocycles.